The summed E-state index contributed by atoms with van der Waals surface area (Å²) in [5.41, 5.74) is 1.42. The summed E-state index contributed by atoms with van der Waals surface area (Å²) in [6.45, 7) is 4.99. The van der Waals surface area contributed by atoms with Crippen LogP contribution in [0.1, 0.15) is 12.5 Å². The minimum atomic E-state index is -3.31. The zero-order valence-electron chi connectivity index (χ0n) is 9.96. The van der Waals surface area contributed by atoms with E-state index >= 15 is 0 Å². The Kier molecular flexibility index (Phi) is 5.24. The zero-order valence-corrected chi connectivity index (χ0v) is 11.5. The van der Waals surface area contributed by atoms with Gasteiger partial charge in [-0.3, -0.25) is 4.72 Å². The lowest BCUT2D eigenvalue weighted by Gasteiger charge is -2.09. The molecule has 0 saturated carbocycles. The van der Waals surface area contributed by atoms with Gasteiger partial charge in [0.2, 0.25) is 10.0 Å². The van der Waals surface area contributed by atoms with Gasteiger partial charge in [0.05, 0.1) is 5.75 Å². The van der Waals surface area contributed by atoms with Crippen molar-refractivity contribution in [3.63, 3.8) is 0 Å². The van der Waals surface area contributed by atoms with Gasteiger partial charge >= 0.3 is 0 Å². The molecular weight excluding hydrogens is 260 g/mol. The second kappa shape index (κ2) is 6.23. The molecule has 0 amide bonds. The van der Waals surface area contributed by atoms with Gasteiger partial charge in [-0.1, -0.05) is 24.6 Å². The fourth-order valence-corrected chi connectivity index (χ4v) is 2.45. The van der Waals surface area contributed by atoms with E-state index < -0.39 is 10.0 Å². The van der Waals surface area contributed by atoms with Crippen molar-refractivity contribution in [2.45, 2.75) is 13.8 Å². The van der Waals surface area contributed by atoms with Crippen molar-refractivity contribution < 1.29 is 8.42 Å². The quantitative estimate of drug-likeness (QED) is 0.782. The topological polar surface area (TPSA) is 58.2 Å². The first-order valence-corrected chi connectivity index (χ1v) is 7.45. The number of rotatable bonds is 6. The Balaban J connectivity index is 2.66. The number of aryl methyl sites for hydroxylation is 1. The van der Waals surface area contributed by atoms with Gasteiger partial charge in [-0.05, 0) is 31.2 Å². The van der Waals surface area contributed by atoms with Crippen molar-refractivity contribution in [2.75, 3.05) is 23.6 Å². The van der Waals surface area contributed by atoms with E-state index in [9.17, 15) is 8.42 Å². The summed E-state index contributed by atoms with van der Waals surface area (Å²) in [4.78, 5) is 0. The molecule has 0 fully saturated rings. The Morgan fingerprint density at radius 2 is 2.06 bits per heavy atom. The van der Waals surface area contributed by atoms with Crippen LogP contribution in [0.5, 0.6) is 0 Å². The molecule has 96 valence electrons. The Morgan fingerprint density at radius 1 is 1.35 bits per heavy atom. The van der Waals surface area contributed by atoms with Crippen LogP contribution in [0.4, 0.5) is 5.69 Å². The molecule has 0 bridgehead atoms. The van der Waals surface area contributed by atoms with Crippen molar-refractivity contribution >= 4 is 27.3 Å². The minimum Gasteiger partial charge on any atom is -0.316 e. The van der Waals surface area contributed by atoms with E-state index in [1.165, 1.54) is 0 Å². The zero-order chi connectivity index (χ0) is 12.9. The summed E-state index contributed by atoms with van der Waals surface area (Å²) in [5, 5.41) is 3.52. The highest BCUT2D eigenvalue weighted by Gasteiger charge is 2.10. The molecule has 0 aliphatic rings. The minimum absolute atomic E-state index is 0.0480. The summed E-state index contributed by atoms with van der Waals surface area (Å²) >= 11 is 5.92. The van der Waals surface area contributed by atoms with Crippen molar-refractivity contribution in [2.24, 2.45) is 0 Å². The molecule has 17 heavy (non-hydrogen) atoms. The molecule has 0 spiro atoms. The number of anilines is 1. The largest absolute Gasteiger partial charge is 0.316 e. The van der Waals surface area contributed by atoms with E-state index in [0.717, 1.165) is 12.1 Å². The maximum absolute atomic E-state index is 11.7. The lowest BCUT2D eigenvalue weighted by molar-refractivity contribution is 0.597. The van der Waals surface area contributed by atoms with E-state index in [2.05, 4.69) is 10.0 Å². The molecule has 1 aromatic rings. The highest BCUT2D eigenvalue weighted by atomic mass is 35.5. The van der Waals surface area contributed by atoms with Crippen LogP contribution in [0.15, 0.2) is 18.2 Å². The van der Waals surface area contributed by atoms with Crippen LogP contribution < -0.4 is 10.0 Å². The average Bonchev–Trinajstić information content (AvgIpc) is 2.23. The lowest BCUT2D eigenvalue weighted by atomic mass is 10.2. The van der Waals surface area contributed by atoms with Gasteiger partial charge in [-0.25, -0.2) is 8.42 Å². The molecule has 0 atom stereocenters. The smallest absolute Gasteiger partial charge is 0.233 e. The maximum Gasteiger partial charge on any atom is 0.233 e. The SMILES string of the molecule is CCNCCS(=O)(=O)Nc1ccc(C)c(Cl)c1. The summed E-state index contributed by atoms with van der Waals surface area (Å²) in [6, 6.07) is 5.10. The number of hydrogen-bond donors (Lipinski definition) is 2. The predicted molar refractivity (Wildman–Crippen MR) is 72.1 cm³/mol. The van der Waals surface area contributed by atoms with Crippen LogP contribution >= 0.6 is 11.6 Å². The predicted octanol–water partition coefficient (Wildman–Crippen LogP) is 2.00. The molecule has 1 rings (SSSR count). The number of hydrogen-bond acceptors (Lipinski definition) is 3. The molecule has 0 aromatic heterocycles. The Bertz CT molecular complexity index is 474. The first-order valence-electron chi connectivity index (χ1n) is 5.42. The molecule has 1 aromatic carbocycles. The summed E-state index contributed by atoms with van der Waals surface area (Å²) in [5.74, 6) is 0.0480. The normalized spacial score (nSPS) is 11.5. The Hall–Kier alpha value is -0.780. The molecule has 4 nitrogen and oxygen atoms in total. The van der Waals surface area contributed by atoms with E-state index in [4.69, 9.17) is 11.6 Å². The third kappa shape index (κ3) is 4.93. The standard InChI is InChI=1S/C11H17ClN2O2S/c1-3-13-6-7-17(15,16)14-10-5-4-9(2)11(12)8-10/h4-5,8,13-14H,3,6-7H2,1-2H3. The fraction of sp³-hybridized carbons (Fsp3) is 0.455. The highest BCUT2D eigenvalue weighted by Crippen LogP contribution is 2.20. The van der Waals surface area contributed by atoms with Crippen molar-refractivity contribution in [3.05, 3.63) is 28.8 Å². The van der Waals surface area contributed by atoms with Crippen LogP contribution in [0, 0.1) is 6.92 Å². The Labute approximate surface area is 107 Å². The summed E-state index contributed by atoms with van der Waals surface area (Å²) in [6.07, 6.45) is 0. The van der Waals surface area contributed by atoms with Crippen molar-refractivity contribution in [3.8, 4) is 0 Å². The van der Waals surface area contributed by atoms with Gasteiger partial charge < -0.3 is 5.32 Å². The van der Waals surface area contributed by atoms with Crippen LogP contribution in [0.25, 0.3) is 0 Å². The molecule has 0 saturated heterocycles. The number of halogens is 1. The second-order valence-corrected chi connectivity index (χ2v) is 5.99. The molecule has 0 radical (unpaired) electrons. The third-order valence-corrected chi connectivity index (χ3v) is 3.94. The van der Waals surface area contributed by atoms with E-state index in [1.807, 2.05) is 13.8 Å². The van der Waals surface area contributed by atoms with Gasteiger partial charge in [-0.2, -0.15) is 0 Å². The molecule has 6 heteroatoms. The molecule has 0 aliphatic carbocycles. The first kappa shape index (κ1) is 14.3. The van der Waals surface area contributed by atoms with Crippen LogP contribution in [0.3, 0.4) is 0 Å². The van der Waals surface area contributed by atoms with E-state index in [-0.39, 0.29) is 5.75 Å². The van der Waals surface area contributed by atoms with Crippen molar-refractivity contribution in [1.82, 2.24) is 5.32 Å². The summed E-state index contributed by atoms with van der Waals surface area (Å²) in [7, 11) is -3.31. The van der Waals surface area contributed by atoms with E-state index in [0.29, 0.717) is 17.3 Å². The van der Waals surface area contributed by atoms with Gasteiger partial charge in [0.15, 0.2) is 0 Å². The number of nitrogens with one attached hydrogen (secondary N) is 2. The second-order valence-electron chi connectivity index (χ2n) is 3.74. The number of benzene rings is 1. The highest BCUT2D eigenvalue weighted by molar-refractivity contribution is 7.92. The average molecular weight is 277 g/mol. The lowest BCUT2D eigenvalue weighted by Crippen LogP contribution is -2.26. The van der Waals surface area contributed by atoms with Crippen LogP contribution in [0.2, 0.25) is 5.02 Å². The maximum atomic E-state index is 11.7. The Morgan fingerprint density at radius 3 is 2.65 bits per heavy atom. The summed E-state index contributed by atoms with van der Waals surface area (Å²) < 4.78 is 25.8. The first-order chi connectivity index (χ1) is 7.94. The van der Waals surface area contributed by atoms with Gasteiger partial charge in [0, 0.05) is 17.3 Å². The third-order valence-electron chi connectivity index (χ3n) is 2.24. The fourth-order valence-electron chi connectivity index (χ4n) is 1.27. The molecule has 0 heterocycles. The monoisotopic (exact) mass is 276 g/mol. The molecule has 0 aliphatic heterocycles. The van der Waals surface area contributed by atoms with Gasteiger partial charge in [0.25, 0.3) is 0 Å². The van der Waals surface area contributed by atoms with E-state index in [1.54, 1.807) is 18.2 Å². The molecule has 2 N–H and O–H groups in total. The van der Waals surface area contributed by atoms with Gasteiger partial charge in [0.1, 0.15) is 0 Å². The van der Waals surface area contributed by atoms with Crippen LogP contribution in [-0.2, 0) is 10.0 Å². The molecule has 0 unspecified atom stereocenters. The van der Waals surface area contributed by atoms with Gasteiger partial charge in [-0.15, -0.1) is 0 Å². The van der Waals surface area contributed by atoms with Crippen LogP contribution in [-0.4, -0.2) is 27.3 Å². The molecular formula is C11H17ClN2O2S. The number of sulfonamides is 1. The van der Waals surface area contributed by atoms with Crippen molar-refractivity contribution in [1.29, 1.82) is 0 Å².